The number of rotatable bonds is 7. The van der Waals surface area contributed by atoms with E-state index in [2.05, 4.69) is 0 Å². The largest absolute Gasteiger partial charge is 0.388 e. The highest BCUT2D eigenvalue weighted by Gasteiger charge is 2.16. The van der Waals surface area contributed by atoms with Crippen LogP contribution in [0.5, 0.6) is 0 Å². The number of sulfone groups is 1. The summed E-state index contributed by atoms with van der Waals surface area (Å²) in [6, 6.07) is 11.3. The summed E-state index contributed by atoms with van der Waals surface area (Å²) in [5.41, 5.74) is 1.06. The van der Waals surface area contributed by atoms with Crippen LogP contribution >= 0.6 is 0 Å². The van der Waals surface area contributed by atoms with Gasteiger partial charge in [0, 0.05) is 12.1 Å². The zero-order valence-electron chi connectivity index (χ0n) is 13.0. The molecule has 0 saturated heterocycles. The molecule has 0 fully saturated rings. The maximum absolute atomic E-state index is 12.4. The van der Waals surface area contributed by atoms with Crippen molar-refractivity contribution in [3.05, 3.63) is 75.8 Å². The predicted molar refractivity (Wildman–Crippen MR) is 91.6 cm³/mol. The molecule has 7 nitrogen and oxygen atoms in total. The predicted octanol–water partition coefficient (Wildman–Crippen LogP) is 2.14. The van der Waals surface area contributed by atoms with Gasteiger partial charge in [0.05, 0.1) is 15.6 Å². The van der Waals surface area contributed by atoms with Crippen LogP contribution < -0.4 is 0 Å². The number of hydrogen-bond acceptors (Lipinski definition) is 6. The Labute approximate surface area is 144 Å². The zero-order chi connectivity index (χ0) is 18.4. The number of hydrogen-bond donors (Lipinski definition) is 1. The van der Waals surface area contributed by atoms with Crippen LogP contribution in [-0.4, -0.2) is 30.8 Å². The number of nitrogens with zero attached hydrogens (tertiary/aromatic N) is 1. The lowest BCUT2D eigenvalue weighted by Crippen LogP contribution is -2.05. The fourth-order valence-electron chi connectivity index (χ4n) is 2.04. The third-order valence-electron chi connectivity index (χ3n) is 3.36. The van der Waals surface area contributed by atoms with Gasteiger partial charge in [-0.2, -0.15) is 0 Å². The Balaban J connectivity index is 2.13. The summed E-state index contributed by atoms with van der Waals surface area (Å²) in [4.78, 5) is 21.0. The Kier molecular flexibility index (Phi) is 5.79. The van der Waals surface area contributed by atoms with Gasteiger partial charge in [-0.05, 0) is 29.3 Å². The number of aliphatic hydroxyl groups is 1. The van der Waals surface area contributed by atoms with E-state index in [0.717, 1.165) is 12.1 Å². The molecule has 0 unspecified atom stereocenters. The van der Waals surface area contributed by atoms with Gasteiger partial charge in [0.25, 0.3) is 5.69 Å². The van der Waals surface area contributed by atoms with Gasteiger partial charge in [-0.15, -0.1) is 0 Å². The molecule has 0 heterocycles. The second-order valence-electron chi connectivity index (χ2n) is 5.21. The normalized spacial score (nSPS) is 11.6. The van der Waals surface area contributed by atoms with Crippen molar-refractivity contribution < 1.29 is 23.2 Å². The van der Waals surface area contributed by atoms with Crippen molar-refractivity contribution in [2.75, 3.05) is 6.61 Å². The van der Waals surface area contributed by atoms with Crippen LogP contribution in [0, 0.1) is 10.1 Å². The molecule has 0 aliphatic carbocycles. The van der Waals surface area contributed by atoms with Gasteiger partial charge < -0.3 is 5.11 Å². The molecule has 0 radical (unpaired) electrons. The van der Waals surface area contributed by atoms with Crippen molar-refractivity contribution >= 4 is 27.4 Å². The van der Waals surface area contributed by atoms with Crippen molar-refractivity contribution in [3.8, 4) is 0 Å². The molecule has 0 amide bonds. The highest BCUT2D eigenvalue weighted by Crippen LogP contribution is 2.20. The lowest BCUT2D eigenvalue weighted by Gasteiger charge is -2.05. The first-order valence-electron chi connectivity index (χ1n) is 7.20. The smallest absolute Gasteiger partial charge is 0.269 e. The Morgan fingerprint density at radius 1 is 1.08 bits per heavy atom. The van der Waals surface area contributed by atoms with E-state index in [1.165, 1.54) is 24.3 Å². The third-order valence-corrected chi connectivity index (χ3v) is 5.06. The number of ketones is 1. The van der Waals surface area contributed by atoms with E-state index in [9.17, 15) is 23.3 Å². The first-order valence-corrected chi connectivity index (χ1v) is 8.85. The molecule has 0 atom stereocenters. The van der Waals surface area contributed by atoms with Crippen LogP contribution in [0.3, 0.4) is 0 Å². The van der Waals surface area contributed by atoms with E-state index in [-0.39, 0.29) is 16.3 Å². The number of non-ortho nitro benzene ring substituents is 1. The Hall–Kier alpha value is -2.84. The molecule has 2 aromatic rings. The van der Waals surface area contributed by atoms with Crippen LogP contribution in [-0.2, 0) is 20.4 Å². The summed E-state index contributed by atoms with van der Waals surface area (Å²) in [6.07, 6.45) is 2.76. The van der Waals surface area contributed by atoms with E-state index < -0.39 is 27.2 Å². The van der Waals surface area contributed by atoms with Gasteiger partial charge in [-0.25, -0.2) is 8.42 Å². The number of carbonyl (C=O) groups is 1. The van der Waals surface area contributed by atoms with Gasteiger partial charge in [-0.1, -0.05) is 30.3 Å². The fourth-order valence-corrected chi connectivity index (χ4v) is 3.39. The zero-order valence-corrected chi connectivity index (χ0v) is 13.8. The second kappa shape index (κ2) is 7.82. The Morgan fingerprint density at radius 2 is 1.68 bits per heavy atom. The molecule has 0 aromatic heterocycles. The van der Waals surface area contributed by atoms with Gasteiger partial charge in [0.2, 0.25) is 0 Å². The summed E-state index contributed by atoms with van der Waals surface area (Å²) in [5.74, 6) is -0.672. The molecule has 25 heavy (non-hydrogen) atoms. The number of carbonyl (C=O) groups excluding carboxylic acids is 1. The molecule has 0 aliphatic heterocycles. The molecule has 8 heteroatoms. The number of nitro groups is 1. The molecule has 1 N–H and O–H groups in total. The number of aliphatic hydroxyl groups excluding tert-OH is 1. The highest BCUT2D eigenvalue weighted by atomic mass is 32.2. The lowest BCUT2D eigenvalue weighted by molar-refractivity contribution is -0.384. The molecular weight excluding hydrogens is 346 g/mol. The quantitative estimate of drug-likeness (QED) is 0.459. The molecule has 2 rings (SSSR count). The van der Waals surface area contributed by atoms with Crippen molar-refractivity contribution in [1.29, 1.82) is 0 Å². The average molecular weight is 361 g/mol. The van der Waals surface area contributed by atoms with Gasteiger partial charge >= 0.3 is 0 Å². The van der Waals surface area contributed by atoms with Crippen LogP contribution in [0.15, 0.2) is 59.5 Å². The molecule has 2 aromatic carbocycles. The maximum Gasteiger partial charge on any atom is 0.269 e. The monoisotopic (exact) mass is 361 g/mol. The van der Waals surface area contributed by atoms with Crippen LogP contribution in [0.4, 0.5) is 5.69 Å². The average Bonchev–Trinajstić information content (AvgIpc) is 2.60. The second-order valence-corrected chi connectivity index (χ2v) is 7.20. The van der Waals surface area contributed by atoms with Crippen molar-refractivity contribution in [3.63, 3.8) is 0 Å². The van der Waals surface area contributed by atoms with Crippen molar-refractivity contribution in [2.45, 2.75) is 10.6 Å². The molecule has 0 spiro atoms. The fraction of sp³-hybridized carbons (Fsp3) is 0.118. The number of benzene rings is 2. The van der Waals surface area contributed by atoms with Gasteiger partial charge in [-0.3, -0.25) is 14.9 Å². The molecule has 0 bridgehead atoms. The molecule has 0 aliphatic rings. The van der Waals surface area contributed by atoms with Crippen LogP contribution in [0.2, 0.25) is 0 Å². The minimum Gasteiger partial charge on any atom is -0.388 e. The van der Waals surface area contributed by atoms with Crippen molar-refractivity contribution in [2.24, 2.45) is 0 Å². The van der Waals surface area contributed by atoms with E-state index in [0.29, 0.717) is 11.1 Å². The first-order chi connectivity index (χ1) is 11.8. The lowest BCUT2D eigenvalue weighted by atomic mass is 10.1. The Morgan fingerprint density at radius 3 is 2.20 bits per heavy atom. The SMILES string of the molecule is O=C(/C=C/c1ccc(CS(=O)(=O)c2ccc([N+](=O)[O-])cc2)cc1)CO. The Bertz CT molecular complexity index is 899. The molecular formula is C17H15NO6S. The van der Waals surface area contributed by atoms with Crippen molar-refractivity contribution in [1.82, 2.24) is 0 Å². The standard InChI is InChI=1S/C17H15NO6S/c19-11-16(20)8-5-13-1-3-14(4-2-13)12-25(23,24)17-9-6-15(7-10-17)18(21)22/h1-10,19H,11-12H2/b8-5+. The molecule has 0 saturated carbocycles. The van der Waals surface area contributed by atoms with E-state index >= 15 is 0 Å². The van der Waals surface area contributed by atoms with E-state index in [1.54, 1.807) is 24.3 Å². The van der Waals surface area contributed by atoms with Gasteiger partial charge in [0.1, 0.15) is 6.61 Å². The summed E-state index contributed by atoms with van der Waals surface area (Å²) in [7, 11) is -3.63. The minimum absolute atomic E-state index is 0.00983. The number of nitro benzene ring substituents is 1. The van der Waals surface area contributed by atoms with Crippen LogP contribution in [0.1, 0.15) is 11.1 Å². The van der Waals surface area contributed by atoms with Gasteiger partial charge in [0.15, 0.2) is 15.6 Å². The minimum atomic E-state index is -3.63. The van der Waals surface area contributed by atoms with E-state index in [1.807, 2.05) is 0 Å². The maximum atomic E-state index is 12.4. The highest BCUT2D eigenvalue weighted by molar-refractivity contribution is 7.90. The summed E-state index contributed by atoms with van der Waals surface area (Å²) in [5, 5.41) is 19.3. The summed E-state index contributed by atoms with van der Waals surface area (Å²) < 4.78 is 24.7. The summed E-state index contributed by atoms with van der Waals surface area (Å²) in [6.45, 7) is -0.567. The topological polar surface area (TPSA) is 115 Å². The summed E-state index contributed by atoms with van der Waals surface area (Å²) >= 11 is 0. The third kappa shape index (κ3) is 5.07. The molecule has 130 valence electrons. The first kappa shape index (κ1) is 18.5. The van der Waals surface area contributed by atoms with E-state index in [4.69, 9.17) is 5.11 Å². The van der Waals surface area contributed by atoms with Crippen LogP contribution in [0.25, 0.3) is 6.08 Å².